The summed E-state index contributed by atoms with van der Waals surface area (Å²) >= 11 is 0. The van der Waals surface area contributed by atoms with E-state index in [4.69, 9.17) is 13.8 Å². The lowest BCUT2D eigenvalue weighted by Gasteiger charge is -2.23. The van der Waals surface area contributed by atoms with Gasteiger partial charge in [-0.2, -0.15) is 4.39 Å². The Morgan fingerprint density at radius 1 is 0.935 bits per heavy atom. The van der Waals surface area contributed by atoms with Crippen molar-refractivity contribution in [2.24, 2.45) is 0 Å². The molecule has 0 bridgehead atoms. The van der Waals surface area contributed by atoms with E-state index in [1.807, 2.05) is 0 Å². The van der Waals surface area contributed by atoms with Crippen molar-refractivity contribution < 1.29 is 27.1 Å². The highest BCUT2D eigenvalue weighted by atomic mass is 31.2. The van der Waals surface area contributed by atoms with Crippen molar-refractivity contribution in [1.29, 1.82) is 0 Å². The van der Waals surface area contributed by atoms with Crippen LogP contribution in [0.25, 0.3) is 0 Å². The predicted molar refractivity (Wildman–Crippen MR) is 119 cm³/mol. The molecule has 170 valence electrons. The van der Waals surface area contributed by atoms with Gasteiger partial charge < -0.3 is 13.8 Å². The summed E-state index contributed by atoms with van der Waals surface area (Å²) in [6.45, 7) is 7.50. The van der Waals surface area contributed by atoms with Crippen LogP contribution in [0, 0.1) is 25.5 Å². The zero-order valence-corrected chi connectivity index (χ0v) is 19.6. The maximum absolute atomic E-state index is 14.9. The van der Waals surface area contributed by atoms with Crippen LogP contribution in [0.1, 0.15) is 68.6 Å². The van der Waals surface area contributed by atoms with E-state index in [-0.39, 0.29) is 24.9 Å². The van der Waals surface area contributed by atoms with Gasteiger partial charge in [0, 0.05) is 0 Å². The highest BCUT2D eigenvalue weighted by Crippen LogP contribution is 2.48. The number of hydrogen-bond donors (Lipinski definition) is 0. The fraction of sp³-hybridized carbons (Fsp3) is 0.500. The van der Waals surface area contributed by atoms with Gasteiger partial charge in [-0.25, -0.2) is 4.39 Å². The van der Waals surface area contributed by atoms with Crippen molar-refractivity contribution in [2.75, 3.05) is 13.2 Å². The molecule has 0 N–H and O–H groups in total. The molecule has 0 heterocycles. The molecule has 1 saturated carbocycles. The fourth-order valence-electron chi connectivity index (χ4n) is 4.24. The Balaban J connectivity index is 1.91. The van der Waals surface area contributed by atoms with E-state index >= 15 is 0 Å². The molecule has 2 aromatic rings. The molecule has 0 unspecified atom stereocenters. The van der Waals surface area contributed by atoms with Gasteiger partial charge in [0.1, 0.15) is 5.75 Å². The molecule has 0 saturated heterocycles. The second-order valence-electron chi connectivity index (χ2n) is 7.96. The molecule has 3 rings (SSSR count). The third-order valence-electron chi connectivity index (χ3n) is 5.69. The Morgan fingerprint density at radius 2 is 1.52 bits per heavy atom. The largest absolute Gasteiger partial charge is 0.454 e. The summed E-state index contributed by atoms with van der Waals surface area (Å²) in [7, 11) is -3.46. The van der Waals surface area contributed by atoms with E-state index in [1.54, 1.807) is 45.9 Å². The molecule has 1 aliphatic rings. The molecule has 1 fully saturated rings. The standard InChI is InChI=1S/C24H31F2O4P/c1-5-28-31(27,29-6-2)19-14-16(3)24(17(4)15-19)30-21-13-12-20(22(25)23(21)26)18-10-8-7-9-11-18/h12-15,18H,5-11H2,1-4H3. The van der Waals surface area contributed by atoms with Crippen LogP contribution in [-0.4, -0.2) is 13.2 Å². The second-order valence-corrected chi connectivity index (χ2v) is 9.99. The monoisotopic (exact) mass is 452 g/mol. The lowest BCUT2D eigenvalue weighted by atomic mass is 9.84. The van der Waals surface area contributed by atoms with Crippen LogP contribution in [0.5, 0.6) is 11.5 Å². The Morgan fingerprint density at radius 3 is 2.06 bits per heavy atom. The van der Waals surface area contributed by atoms with E-state index in [1.165, 1.54) is 6.07 Å². The maximum Gasteiger partial charge on any atom is 0.361 e. The van der Waals surface area contributed by atoms with Gasteiger partial charge in [-0.3, -0.25) is 4.57 Å². The summed E-state index contributed by atoms with van der Waals surface area (Å²) in [5, 5.41) is 0.415. The summed E-state index contributed by atoms with van der Waals surface area (Å²) in [6, 6.07) is 6.44. The number of hydrogen-bond acceptors (Lipinski definition) is 4. The van der Waals surface area contributed by atoms with Crippen molar-refractivity contribution in [1.82, 2.24) is 0 Å². The molecule has 1 aliphatic carbocycles. The van der Waals surface area contributed by atoms with Crippen LogP contribution in [-0.2, 0) is 13.6 Å². The van der Waals surface area contributed by atoms with E-state index in [0.717, 1.165) is 32.1 Å². The van der Waals surface area contributed by atoms with Crippen LogP contribution in [0.2, 0.25) is 0 Å². The van der Waals surface area contributed by atoms with Crippen LogP contribution < -0.4 is 10.0 Å². The first-order chi connectivity index (χ1) is 14.8. The zero-order valence-electron chi connectivity index (χ0n) is 18.7. The van der Waals surface area contributed by atoms with Gasteiger partial charge >= 0.3 is 7.60 Å². The lowest BCUT2D eigenvalue weighted by Crippen LogP contribution is -2.13. The summed E-state index contributed by atoms with van der Waals surface area (Å²) < 4.78 is 59.4. The van der Waals surface area contributed by atoms with E-state index in [0.29, 0.717) is 27.7 Å². The van der Waals surface area contributed by atoms with Crippen molar-refractivity contribution in [2.45, 2.75) is 65.7 Å². The first-order valence-corrected chi connectivity index (χ1v) is 12.5. The molecule has 0 atom stereocenters. The van der Waals surface area contributed by atoms with Crippen LogP contribution in [0.3, 0.4) is 0 Å². The number of rotatable bonds is 8. The Kier molecular flexibility index (Phi) is 7.90. The van der Waals surface area contributed by atoms with Gasteiger partial charge in [-0.1, -0.05) is 25.3 Å². The normalized spacial score (nSPS) is 15.3. The average Bonchev–Trinajstić information content (AvgIpc) is 2.74. The summed E-state index contributed by atoms with van der Waals surface area (Å²) in [4.78, 5) is 0. The summed E-state index contributed by atoms with van der Waals surface area (Å²) in [5.41, 5.74) is 1.69. The van der Waals surface area contributed by atoms with E-state index < -0.39 is 19.2 Å². The van der Waals surface area contributed by atoms with Gasteiger partial charge in [0.2, 0.25) is 5.82 Å². The van der Waals surface area contributed by atoms with Crippen LogP contribution >= 0.6 is 7.60 Å². The van der Waals surface area contributed by atoms with Crippen molar-refractivity contribution >= 4 is 12.9 Å². The van der Waals surface area contributed by atoms with Crippen LogP contribution in [0.15, 0.2) is 24.3 Å². The Labute approximate surface area is 183 Å². The number of ether oxygens (including phenoxy) is 1. The minimum absolute atomic E-state index is 0.0614. The highest BCUT2D eigenvalue weighted by molar-refractivity contribution is 7.62. The van der Waals surface area contributed by atoms with Crippen molar-refractivity contribution in [3.8, 4) is 11.5 Å². The number of aryl methyl sites for hydroxylation is 2. The molecule has 4 nitrogen and oxygen atoms in total. The van der Waals surface area contributed by atoms with Gasteiger partial charge in [0.25, 0.3) is 0 Å². The molecule has 7 heteroatoms. The van der Waals surface area contributed by atoms with Crippen molar-refractivity contribution in [3.05, 3.63) is 52.6 Å². The third kappa shape index (κ3) is 5.19. The molecule has 0 amide bonds. The predicted octanol–water partition coefficient (Wildman–Crippen LogP) is 7.31. The minimum atomic E-state index is -3.46. The molecule has 0 radical (unpaired) electrons. The smallest absolute Gasteiger partial charge is 0.361 e. The first kappa shape index (κ1) is 23.9. The summed E-state index contributed by atoms with van der Waals surface area (Å²) in [5.74, 6) is -1.50. The molecule has 31 heavy (non-hydrogen) atoms. The quantitative estimate of drug-likeness (QED) is 0.394. The Hall–Kier alpha value is -1.75. The molecular formula is C24H31F2O4P. The first-order valence-electron chi connectivity index (χ1n) is 11.0. The third-order valence-corrected chi connectivity index (χ3v) is 7.78. The van der Waals surface area contributed by atoms with Crippen molar-refractivity contribution in [3.63, 3.8) is 0 Å². The number of halogens is 2. The lowest BCUT2D eigenvalue weighted by molar-refractivity contribution is 0.230. The Bertz CT molecular complexity index is 937. The highest BCUT2D eigenvalue weighted by Gasteiger charge is 2.29. The molecule has 0 spiro atoms. The summed E-state index contributed by atoms with van der Waals surface area (Å²) in [6.07, 6.45) is 5.01. The number of benzene rings is 2. The van der Waals surface area contributed by atoms with Gasteiger partial charge in [-0.05, 0) is 81.3 Å². The molecule has 0 aliphatic heterocycles. The van der Waals surface area contributed by atoms with E-state index in [9.17, 15) is 13.3 Å². The maximum atomic E-state index is 14.9. The average molecular weight is 452 g/mol. The second kappa shape index (κ2) is 10.2. The van der Waals surface area contributed by atoms with Gasteiger partial charge in [-0.15, -0.1) is 0 Å². The zero-order chi connectivity index (χ0) is 22.6. The SMILES string of the molecule is CCOP(=O)(OCC)c1cc(C)c(Oc2ccc(C3CCCCC3)c(F)c2F)c(C)c1. The molecule has 0 aromatic heterocycles. The van der Waals surface area contributed by atoms with Crippen LogP contribution in [0.4, 0.5) is 8.78 Å². The molecule has 2 aromatic carbocycles. The van der Waals surface area contributed by atoms with Gasteiger partial charge in [0.05, 0.1) is 18.5 Å². The molecular weight excluding hydrogens is 421 g/mol. The minimum Gasteiger partial charge on any atom is -0.454 e. The fourth-order valence-corrected chi connectivity index (χ4v) is 5.99. The topological polar surface area (TPSA) is 44.8 Å². The van der Waals surface area contributed by atoms with Gasteiger partial charge in [0.15, 0.2) is 11.6 Å². The van der Waals surface area contributed by atoms with E-state index in [2.05, 4.69) is 0 Å².